The van der Waals surface area contributed by atoms with Gasteiger partial charge in [-0.25, -0.2) is 4.98 Å². The largest absolute Gasteiger partial charge is 0.376 e. The molecule has 2 N–H and O–H groups in total. The highest BCUT2D eigenvalue weighted by Gasteiger charge is 2.25. The first-order valence-corrected chi connectivity index (χ1v) is 10.6. The van der Waals surface area contributed by atoms with Crippen molar-refractivity contribution in [2.75, 3.05) is 6.61 Å². The van der Waals surface area contributed by atoms with Crippen LogP contribution in [0, 0.1) is 0 Å². The number of nitrogens with two attached hydrogens (primary N) is 1. The SMILES string of the molecule is NC(=O)C(Sc1nc2cc(Cl)ccc2c(=O)n1CC1CCCO1)c1ccccc1. The normalized spacial score (nSPS) is 17.5. The van der Waals surface area contributed by atoms with E-state index in [0.717, 1.165) is 18.4 Å². The maximum atomic E-state index is 13.2. The standard InChI is InChI=1S/C21H20ClN3O3S/c22-14-8-9-16-17(11-14)24-21(25(20(16)27)12-15-7-4-10-28-15)29-18(19(23)26)13-5-2-1-3-6-13/h1-3,5-6,8-9,11,15,18H,4,7,10,12H2,(H2,23,26). The molecule has 1 aliphatic rings. The van der Waals surface area contributed by atoms with E-state index in [1.807, 2.05) is 30.3 Å². The number of fused-ring (bicyclic) bond motifs is 1. The number of aromatic nitrogens is 2. The van der Waals surface area contributed by atoms with Gasteiger partial charge in [-0.2, -0.15) is 0 Å². The number of amides is 1. The van der Waals surface area contributed by atoms with Crippen molar-refractivity contribution in [2.45, 2.75) is 35.9 Å². The van der Waals surface area contributed by atoms with Crippen LogP contribution in [-0.2, 0) is 16.1 Å². The number of ether oxygens (including phenoxy) is 1. The van der Waals surface area contributed by atoms with E-state index in [4.69, 9.17) is 22.1 Å². The van der Waals surface area contributed by atoms with Crippen LogP contribution in [0.1, 0.15) is 23.7 Å². The summed E-state index contributed by atoms with van der Waals surface area (Å²) in [6, 6.07) is 14.2. The van der Waals surface area contributed by atoms with Gasteiger partial charge in [-0.05, 0) is 36.6 Å². The summed E-state index contributed by atoms with van der Waals surface area (Å²) in [6.07, 6.45) is 1.79. The molecular formula is C21H20ClN3O3S. The van der Waals surface area contributed by atoms with Crippen LogP contribution in [0.25, 0.3) is 10.9 Å². The van der Waals surface area contributed by atoms with Crippen LogP contribution in [0.5, 0.6) is 0 Å². The summed E-state index contributed by atoms with van der Waals surface area (Å²) < 4.78 is 7.32. The van der Waals surface area contributed by atoms with Crippen molar-refractivity contribution in [2.24, 2.45) is 5.73 Å². The number of hydrogen-bond donors (Lipinski definition) is 1. The molecule has 8 heteroatoms. The van der Waals surface area contributed by atoms with Crippen LogP contribution in [0.3, 0.4) is 0 Å². The summed E-state index contributed by atoms with van der Waals surface area (Å²) in [5.41, 5.74) is 6.75. The van der Waals surface area contributed by atoms with Crippen LogP contribution in [0.4, 0.5) is 0 Å². The van der Waals surface area contributed by atoms with Gasteiger partial charge in [0.2, 0.25) is 5.91 Å². The minimum atomic E-state index is -0.671. The predicted molar refractivity (Wildman–Crippen MR) is 114 cm³/mol. The van der Waals surface area contributed by atoms with Crippen LogP contribution in [0.15, 0.2) is 58.5 Å². The summed E-state index contributed by atoms with van der Waals surface area (Å²) >= 11 is 7.28. The molecule has 0 spiro atoms. The Morgan fingerprint density at radius 1 is 1.31 bits per heavy atom. The lowest BCUT2D eigenvalue weighted by atomic mass is 10.1. The highest BCUT2D eigenvalue weighted by Crippen LogP contribution is 2.34. The zero-order chi connectivity index (χ0) is 20.4. The highest BCUT2D eigenvalue weighted by atomic mass is 35.5. The minimum Gasteiger partial charge on any atom is -0.376 e. The van der Waals surface area contributed by atoms with E-state index >= 15 is 0 Å². The predicted octanol–water partition coefficient (Wildman–Crippen LogP) is 3.55. The molecule has 2 heterocycles. The van der Waals surface area contributed by atoms with Gasteiger partial charge in [0.15, 0.2) is 5.16 Å². The van der Waals surface area contributed by atoms with Crippen molar-refractivity contribution >= 4 is 40.2 Å². The maximum absolute atomic E-state index is 13.2. The van der Waals surface area contributed by atoms with Gasteiger partial charge in [0.1, 0.15) is 5.25 Å². The molecule has 1 aromatic heterocycles. The van der Waals surface area contributed by atoms with Gasteiger partial charge in [0, 0.05) is 11.6 Å². The number of halogens is 1. The Kier molecular flexibility index (Phi) is 5.89. The third-order valence-corrected chi connectivity index (χ3v) is 6.37. The third-order valence-electron chi connectivity index (χ3n) is 4.88. The molecule has 29 heavy (non-hydrogen) atoms. The molecule has 0 saturated carbocycles. The molecule has 150 valence electrons. The molecule has 2 unspecified atom stereocenters. The lowest BCUT2D eigenvalue weighted by Gasteiger charge is -2.19. The quantitative estimate of drug-likeness (QED) is 0.478. The summed E-state index contributed by atoms with van der Waals surface area (Å²) in [5, 5.41) is 0.724. The van der Waals surface area contributed by atoms with E-state index in [0.29, 0.717) is 34.2 Å². The first-order valence-electron chi connectivity index (χ1n) is 9.35. The van der Waals surface area contributed by atoms with Gasteiger partial charge in [-0.1, -0.05) is 53.7 Å². The van der Waals surface area contributed by atoms with Crippen molar-refractivity contribution in [3.05, 3.63) is 69.5 Å². The van der Waals surface area contributed by atoms with Crippen molar-refractivity contribution in [1.82, 2.24) is 9.55 Å². The van der Waals surface area contributed by atoms with Crippen molar-refractivity contribution < 1.29 is 9.53 Å². The minimum absolute atomic E-state index is 0.0534. The Hall–Kier alpha value is -2.35. The van der Waals surface area contributed by atoms with Gasteiger partial charge >= 0.3 is 0 Å². The molecule has 2 atom stereocenters. The summed E-state index contributed by atoms with van der Waals surface area (Å²) in [4.78, 5) is 30.1. The second kappa shape index (κ2) is 8.57. The Bertz CT molecular complexity index is 1100. The van der Waals surface area contributed by atoms with Gasteiger partial charge in [0.25, 0.3) is 5.56 Å². The zero-order valence-electron chi connectivity index (χ0n) is 15.6. The van der Waals surface area contributed by atoms with Crippen LogP contribution < -0.4 is 11.3 Å². The van der Waals surface area contributed by atoms with Gasteiger partial charge in [-0.15, -0.1) is 0 Å². The molecule has 0 aliphatic carbocycles. The molecule has 3 aromatic rings. The number of rotatable bonds is 6. The molecule has 1 saturated heterocycles. The zero-order valence-corrected chi connectivity index (χ0v) is 17.2. The number of benzene rings is 2. The lowest BCUT2D eigenvalue weighted by molar-refractivity contribution is -0.117. The summed E-state index contributed by atoms with van der Waals surface area (Å²) in [5.74, 6) is -0.495. The van der Waals surface area contributed by atoms with Gasteiger partial charge in [0.05, 0.1) is 23.6 Å². The van der Waals surface area contributed by atoms with E-state index in [1.165, 1.54) is 11.8 Å². The molecule has 2 aromatic carbocycles. The molecule has 6 nitrogen and oxygen atoms in total. The van der Waals surface area contributed by atoms with Crippen LogP contribution >= 0.6 is 23.4 Å². The fourth-order valence-corrected chi connectivity index (χ4v) is 4.66. The molecule has 0 radical (unpaired) electrons. The monoisotopic (exact) mass is 429 g/mol. The number of thioether (sulfide) groups is 1. The van der Waals surface area contributed by atoms with Crippen molar-refractivity contribution in [3.8, 4) is 0 Å². The smallest absolute Gasteiger partial charge is 0.262 e. The molecule has 4 rings (SSSR count). The van der Waals surface area contributed by atoms with Gasteiger partial charge < -0.3 is 10.5 Å². The van der Waals surface area contributed by atoms with E-state index in [9.17, 15) is 9.59 Å². The first kappa shape index (κ1) is 19.9. The average molecular weight is 430 g/mol. The molecule has 1 amide bonds. The van der Waals surface area contributed by atoms with E-state index in [1.54, 1.807) is 22.8 Å². The Morgan fingerprint density at radius 2 is 2.10 bits per heavy atom. The second-order valence-corrected chi connectivity index (χ2v) is 8.43. The first-order chi connectivity index (χ1) is 14.0. The highest BCUT2D eigenvalue weighted by molar-refractivity contribution is 8.00. The maximum Gasteiger partial charge on any atom is 0.262 e. The summed E-state index contributed by atoms with van der Waals surface area (Å²) in [7, 11) is 0. The van der Waals surface area contributed by atoms with E-state index in [-0.39, 0.29) is 11.7 Å². The van der Waals surface area contributed by atoms with Gasteiger partial charge in [-0.3, -0.25) is 14.2 Å². The van der Waals surface area contributed by atoms with E-state index < -0.39 is 11.2 Å². The average Bonchev–Trinajstić information content (AvgIpc) is 3.22. The molecule has 1 fully saturated rings. The molecule has 1 aliphatic heterocycles. The lowest BCUT2D eigenvalue weighted by Crippen LogP contribution is -2.29. The van der Waals surface area contributed by atoms with Crippen molar-refractivity contribution in [1.29, 1.82) is 0 Å². The number of primary amides is 1. The van der Waals surface area contributed by atoms with E-state index in [2.05, 4.69) is 4.98 Å². The molecule has 0 bridgehead atoms. The fraction of sp³-hybridized carbons (Fsp3) is 0.286. The van der Waals surface area contributed by atoms with Crippen LogP contribution in [-0.4, -0.2) is 28.2 Å². The summed E-state index contributed by atoms with van der Waals surface area (Å²) in [6.45, 7) is 1.07. The number of carbonyl (C=O) groups excluding carboxylic acids is 1. The molecular weight excluding hydrogens is 410 g/mol. The Balaban J connectivity index is 1.81. The topological polar surface area (TPSA) is 87.2 Å². The fourth-order valence-electron chi connectivity index (χ4n) is 3.44. The number of carbonyl (C=O) groups is 1. The third kappa shape index (κ3) is 4.32. The van der Waals surface area contributed by atoms with Crippen LogP contribution in [0.2, 0.25) is 5.02 Å². The second-order valence-electron chi connectivity index (χ2n) is 6.92. The number of hydrogen-bond acceptors (Lipinski definition) is 5. The Labute approximate surface area is 177 Å². The van der Waals surface area contributed by atoms with Crippen molar-refractivity contribution in [3.63, 3.8) is 0 Å². The Morgan fingerprint density at radius 3 is 2.79 bits per heavy atom. The number of nitrogens with zero attached hydrogens (tertiary/aromatic N) is 2.